The number of carbonyl (C=O) groups is 1. The Balaban J connectivity index is 1.69. The normalized spacial score (nSPS) is 16.2. The topological polar surface area (TPSA) is 50.2 Å². The summed E-state index contributed by atoms with van der Waals surface area (Å²) in [6, 6.07) is 12.5. The quantitative estimate of drug-likeness (QED) is 0.898. The highest BCUT2D eigenvalue weighted by molar-refractivity contribution is 5.82. The maximum absolute atomic E-state index is 12.7. The van der Waals surface area contributed by atoms with Crippen LogP contribution in [-0.4, -0.2) is 38.7 Å². The maximum Gasteiger partial charge on any atom is 0.237 e. The van der Waals surface area contributed by atoms with Gasteiger partial charge in [0.1, 0.15) is 0 Å². The lowest BCUT2D eigenvalue weighted by Gasteiger charge is -2.35. The van der Waals surface area contributed by atoms with Crippen molar-refractivity contribution in [3.8, 4) is 0 Å². The second kappa shape index (κ2) is 7.62. The third-order valence-electron chi connectivity index (χ3n) is 4.73. The van der Waals surface area contributed by atoms with Crippen molar-refractivity contribution < 1.29 is 4.79 Å². The van der Waals surface area contributed by atoms with Gasteiger partial charge >= 0.3 is 0 Å². The van der Waals surface area contributed by atoms with Crippen LogP contribution in [0.1, 0.15) is 51.1 Å². The van der Waals surface area contributed by atoms with Gasteiger partial charge in [-0.05, 0) is 38.8 Å². The van der Waals surface area contributed by atoms with Gasteiger partial charge < -0.3 is 5.32 Å². The van der Waals surface area contributed by atoms with Crippen molar-refractivity contribution in [2.45, 2.75) is 65.2 Å². The molecule has 1 aliphatic rings. The zero-order valence-electron chi connectivity index (χ0n) is 16.3. The van der Waals surface area contributed by atoms with Gasteiger partial charge in [-0.15, -0.1) is 0 Å². The van der Waals surface area contributed by atoms with Crippen molar-refractivity contribution >= 4 is 5.91 Å². The Bertz CT molecular complexity index is 745. The van der Waals surface area contributed by atoms with Crippen LogP contribution in [0.15, 0.2) is 36.4 Å². The van der Waals surface area contributed by atoms with Gasteiger partial charge in [0, 0.05) is 25.0 Å². The summed E-state index contributed by atoms with van der Waals surface area (Å²) in [5.41, 5.74) is 3.37. The van der Waals surface area contributed by atoms with Crippen LogP contribution in [0.3, 0.4) is 0 Å². The molecule has 2 aromatic rings. The van der Waals surface area contributed by atoms with Gasteiger partial charge in [0.05, 0.1) is 24.0 Å². The maximum atomic E-state index is 12.7. The molecule has 2 heterocycles. The molecule has 0 bridgehead atoms. The van der Waals surface area contributed by atoms with E-state index in [0.717, 1.165) is 38.2 Å². The number of nitrogens with one attached hydrogen (secondary N) is 1. The molecule has 0 radical (unpaired) electrons. The lowest BCUT2D eigenvalue weighted by atomic mass is 10.1. The van der Waals surface area contributed by atoms with Crippen LogP contribution in [0.25, 0.3) is 0 Å². The fraction of sp³-hybridized carbons (Fsp3) is 0.524. The van der Waals surface area contributed by atoms with E-state index < -0.39 is 0 Å². The minimum atomic E-state index is -0.203. The van der Waals surface area contributed by atoms with Gasteiger partial charge in [-0.2, -0.15) is 5.10 Å². The van der Waals surface area contributed by atoms with Crippen molar-refractivity contribution in [3.63, 3.8) is 0 Å². The SMILES string of the molecule is CC[C@@H](C(=O)NC(C)(C)C)N1CCn2nc(Cc3ccccc3)cc2C1. The Morgan fingerprint density at radius 1 is 1.23 bits per heavy atom. The monoisotopic (exact) mass is 354 g/mol. The lowest BCUT2D eigenvalue weighted by molar-refractivity contribution is -0.128. The molecule has 26 heavy (non-hydrogen) atoms. The molecule has 1 amide bonds. The average molecular weight is 354 g/mol. The number of hydrogen-bond donors (Lipinski definition) is 1. The standard InChI is InChI=1S/C21H30N4O/c1-5-19(20(26)22-21(2,3)4)24-11-12-25-18(15-24)14-17(23-25)13-16-9-7-6-8-10-16/h6-10,14,19H,5,11-13,15H2,1-4H3,(H,22,26)/t19-/m0/s1. The van der Waals surface area contributed by atoms with Crippen molar-refractivity contribution in [3.05, 3.63) is 53.3 Å². The number of nitrogens with zero attached hydrogens (tertiary/aromatic N) is 3. The molecule has 0 spiro atoms. The molecule has 5 heteroatoms. The first-order valence-electron chi connectivity index (χ1n) is 9.51. The predicted octanol–water partition coefficient (Wildman–Crippen LogP) is 2.98. The molecule has 0 saturated heterocycles. The molecule has 1 atom stereocenters. The Morgan fingerprint density at radius 3 is 2.62 bits per heavy atom. The highest BCUT2D eigenvalue weighted by Crippen LogP contribution is 2.19. The highest BCUT2D eigenvalue weighted by atomic mass is 16.2. The van der Waals surface area contributed by atoms with Crippen molar-refractivity contribution in [1.82, 2.24) is 20.0 Å². The molecule has 0 saturated carbocycles. The van der Waals surface area contributed by atoms with Crippen LogP contribution >= 0.6 is 0 Å². The van der Waals surface area contributed by atoms with Crippen LogP contribution in [-0.2, 0) is 24.3 Å². The summed E-state index contributed by atoms with van der Waals surface area (Å²) in [7, 11) is 0. The summed E-state index contributed by atoms with van der Waals surface area (Å²) in [4.78, 5) is 15.0. The molecule has 1 N–H and O–H groups in total. The van der Waals surface area contributed by atoms with E-state index in [1.807, 2.05) is 26.8 Å². The zero-order valence-corrected chi connectivity index (χ0v) is 16.3. The smallest absolute Gasteiger partial charge is 0.237 e. The molecule has 0 fully saturated rings. The minimum absolute atomic E-state index is 0.0875. The zero-order chi connectivity index (χ0) is 18.7. The van der Waals surface area contributed by atoms with E-state index >= 15 is 0 Å². The number of amides is 1. The summed E-state index contributed by atoms with van der Waals surface area (Å²) in [6.45, 7) is 10.6. The molecule has 5 nitrogen and oxygen atoms in total. The van der Waals surface area contributed by atoms with Gasteiger partial charge in [0.25, 0.3) is 0 Å². The van der Waals surface area contributed by atoms with E-state index in [1.165, 1.54) is 11.3 Å². The molecule has 0 aliphatic carbocycles. The third kappa shape index (κ3) is 4.52. The van der Waals surface area contributed by atoms with E-state index in [9.17, 15) is 4.79 Å². The van der Waals surface area contributed by atoms with Gasteiger partial charge in [0.15, 0.2) is 0 Å². The molecule has 3 rings (SSSR count). The first-order valence-corrected chi connectivity index (χ1v) is 9.51. The van der Waals surface area contributed by atoms with Crippen LogP contribution in [0.5, 0.6) is 0 Å². The number of rotatable bonds is 5. The van der Waals surface area contributed by atoms with Crippen molar-refractivity contribution in [2.75, 3.05) is 6.54 Å². The van der Waals surface area contributed by atoms with Crippen molar-refractivity contribution in [1.29, 1.82) is 0 Å². The van der Waals surface area contributed by atoms with Crippen LogP contribution in [0.4, 0.5) is 0 Å². The van der Waals surface area contributed by atoms with E-state index in [1.54, 1.807) is 0 Å². The van der Waals surface area contributed by atoms with Gasteiger partial charge in [-0.3, -0.25) is 14.4 Å². The first-order chi connectivity index (χ1) is 12.4. The first kappa shape index (κ1) is 18.6. The van der Waals surface area contributed by atoms with Gasteiger partial charge in [0.2, 0.25) is 5.91 Å². The van der Waals surface area contributed by atoms with Crippen molar-refractivity contribution in [2.24, 2.45) is 0 Å². The number of hydrogen-bond acceptors (Lipinski definition) is 3. The molecule has 0 unspecified atom stereocenters. The minimum Gasteiger partial charge on any atom is -0.350 e. The Morgan fingerprint density at radius 2 is 1.96 bits per heavy atom. The molecule has 1 aromatic carbocycles. The van der Waals surface area contributed by atoms with E-state index in [2.05, 4.69) is 52.2 Å². The van der Waals surface area contributed by atoms with Crippen LogP contribution in [0.2, 0.25) is 0 Å². The van der Waals surface area contributed by atoms with Gasteiger partial charge in [-0.25, -0.2) is 0 Å². The Hall–Kier alpha value is -2.14. The van der Waals surface area contributed by atoms with Crippen LogP contribution in [0, 0.1) is 0 Å². The Labute approximate surface area is 156 Å². The number of carbonyl (C=O) groups excluding carboxylic acids is 1. The van der Waals surface area contributed by atoms with Gasteiger partial charge in [-0.1, -0.05) is 37.3 Å². The van der Waals surface area contributed by atoms with Crippen LogP contribution < -0.4 is 5.32 Å². The fourth-order valence-corrected chi connectivity index (χ4v) is 3.57. The molecular weight excluding hydrogens is 324 g/mol. The van der Waals surface area contributed by atoms with E-state index in [4.69, 9.17) is 5.10 Å². The number of fused-ring (bicyclic) bond motifs is 1. The predicted molar refractivity (Wildman–Crippen MR) is 104 cm³/mol. The second-order valence-corrected chi connectivity index (χ2v) is 8.15. The van der Waals surface area contributed by atoms with E-state index in [0.29, 0.717) is 0 Å². The Kier molecular flexibility index (Phi) is 5.47. The number of aromatic nitrogens is 2. The lowest BCUT2D eigenvalue weighted by Crippen LogP contribution is -2.53. The summed E-state index contributed by atoms with van der Waals surface area (Å²) in [5, 5.41) is 7.89. The molecular formula is C21H30N4O. The highest BCUT2D eigenvalue weighted by Gasteiger charge is 2.30. The van der Waals surface area contributed by atoms with E-state index in [-0.39, 0.29) is 17.5 Å². The summed E-state index contributed by atoms with van der Waals surface area (Å²) >= 11 is 0. The largest absolute Gasteiger partial charge is 0.350 e. The molecule has 140 valence electrons. The average Bonchev–Trinajstić information content (AvgIpc) is 2.96. The summed E-state index contributed by atoms with van der Waals surface area (Å²) < 4.78 is 2.10. The second-order valence-electron chi connectivity index (χ2n) is 8.15. The molecule has 1 aliphatic heterocycles. The third-order valence-corrected chi connectivity index (χ3v) is 4.73. The fourth-order valence-electron chi connectivity index (χ4n) is 3.57. The summed E-state index contributed by atoms with van der Waals surface area (Å²) in [5.74, 6) is 0.123. The summed E-state index contributed by atoms with van der Waals surface area (Å²) in [6.07, 6.45) is 1.66. The number of benzene rings is 1. The molecule has 1 aromatic heterocycles.